The van der Waals surface area contributed by atoms with E-state index < -0.39 is 0 Å². The normalized spacial score (nSPS) is 31.6. The fourth-order valence-corrected chi connectivity index (χ4v) is 2.89. The fraction of sp³-hybridized carbons (Fsp3) is 0.923. The second kappa shape index (κ2) is 5.99. The van der Waals surface area contributed by atoms with Crippen LogP contribution in [0.15, 0.2) is 0 Å². The molecule has 2 N–H and O–H groups in total. The molecule has 0 spiro atoms. The van der Waals surface area contributed by atoms with Crippen molar-refractivity contribution in [2.75, 3.05) is 32.7 Å². The number of amides is 1. The van der Waals surface area contributed by atoms with Crippen molar-refractivity contribution in [3.8, 4) is 0 Å². The van der Waals surface area contributed by atoms with E-state index in [1.807, 2.05) is 18.7 Å². The van der Waals surface area contributed by atoms with Gasteiger partial charge < -0.3 is 15.4 Å². The number of likely N-dealkylation sites (tertiary alicyclic amines) is 1. The molecular formula is C13H25N3O2. The van der Waals surface area contributed by atoms with Crippen LogP contribution < -0.4 is 5.73 Å². The number of nitrogens with zero attached hydrogens (tertiary/aromatic N) is 2. The number of rotatable bonds is 3. The average molecular weight is 255 g/mol. The lowest BCUT2D eigenvalue weighted by Gasteiger charge is -2.40. The van der Waals surface area contributed by atoms with Gasteiger partial charge >= 0.3 is 0 Å². The van der Waals surface area contributed by atoms with Crippen LogP contribution >= 0.6 is 0 Å². The van der Waals surface area contributed by atoms with Crippen LogP contribution in [0.2, 0.25) is 0 Å². The molecule has 0 radical (unpaired) electrons. The third kappa shape index (κ3) is 3.02. The molecule has 18 heavy (non-hydrogen) atoms. The number of carbonyl (C=O) groups is 1. The van der Waals surface area contributed by atoms with E-state index in [1.54, 1.807) is 0 Å². The topological polar surface area (TPSA) is 58.8 Å². The van der Waals surface area contributed by atoms with Crippen LogP contribution in [-0.4, -0.2) is 66.7 Å². The molecule has 2 saturated heterocycles. The molecule has 104 valence electrons. The molecule has 2 rings (SSSR count). The first-order chi connectivity index (χ1) is 8.61. The van der Waals surface area contributed by atoms with Crippen molar-refractivity contribution in [1.29, 1.82) is 0 Å². The largest absolute Gasteiger partial charge is 0.371 e. The molecule has 2 heterocycles. The maximum atomic E-state index is 12.4. The molecule has 1 amide bonds. The van der Waals surface area contributed by atoms with Crippen molar-refractivity contribution in [3.05, 3.63) is 0 Å². The second-order valence-corrected chi connectivity index (χ2v) is 5.47. The highest BCUT2D eigenvalue weighted by molar-refractivity contribution is 5.81. The molecule has 0 saturated carbocycles. The summed E-state index contributed by atoms with van der Waals surface area (Å²) >= 11 is 0. The van der Waals surface area contributed by atoms with Crippen molar-refractivity contribution in [2.45, 2.75) is 44.9 Å². The van der Waals surface area contributed by atoms with E-state index in [9.17, 15) is 4.79 Å². The van der Waals surface area contributed by atoms with Gasteiger partial charge in [0.25, 0.3) is 0 Å². The number of ether oxygens (including phenoxy) is 1. The summed E-state index contributed by atoms with van der Waals surface area (Å²) in [7, 11) is 0. The fourth-order valence-electron chi connectivity index (χ4n) is 2.89. The van der Waals surface area contributed by atoms with E-state index in [-0.39, 0.29) is 24.2 Å². The van der Waals surface area contributed by atoms with Gasteiger partial charge in [0.15, 0.2) is 0 Å². The van der Waals surface area contributed by atoms with E-state index >= 15 is 0 Å². The monoisotopic (exact) mass is 255 g/mol. The average Bonchev–Trinajstić information content (AvgIpc) is 2.90. The molecule has 0 aliphatic carbocycles. The van der Waals surface area contributed by atoms with Crippen LogP contribution in [0.5, 0.6) is 0 Å². The minimum Gasteiger partial charge on any atom is -0.371 e. The van der Waals surface area contributed by atoms with Crippen molar-refractivity contribution in [2.24, 2.45) is 5.73 Å². The first-order valence-corrected chi connectivity index (χ1v) is 7.00. The molecule has 2 fully saturated rings. The van der Waals surface area contributed by atoms with Crippen LogP contribution in [0.4, 0.5) is 0 Å². The summed E-state index contributed by atoms with van der Waals surface area (Å²) in [4.78, 5) is 16.6. The maximum absolute atomic E-state index is 12.4. The van der Waals surface area contributed by atoms with Crippen molar-refractivity contribution < 1.29 is 9.53 Å². The number of carbonyl (C=O) groups excluding carboxylic acids is 1. The Morgan fingerprint density at radius 3 is 2.67 bits per heavy atom. The molecule has 3 atom stereocenters. The third-order valence-electron chi connectivity index (χ3n) is 3.94. The zero-order valence-electron chi connectivity index (χ0n) is 11.5. The molecule has 5 nitrogen and oxygen atoms in total. The third-order valence-corrected chi connectivity index (χ3v) is 3.94. The quantitative estimate of drug-likeness (QED) is 0.774. The molecule has 3 unspecified atom stereocenters. The highest BCUT2D eigenvalue weighted by Crippen LogP contribution is 2.17. The zero-order valence-corrected chi connectivity index (χ0v) is 11.5. The van der Waals surface area contributed by atoms with Gasteiger partial charge in [-0.25, -0.2) is 0 Å². The number of hydrogen-bond acceptors (Lipinski definition) is 4. The van der Waals surface area contributed by atoms with Gasteiger partial charge in [-0.15, -0.1) is 0 Å². The Kier molecular flexibility index (Phi) is 4.59. The molecule has 2 aliphatic heterocycles. The highest BCUT2D eigenvalue weighted by Gasteiger charge is 2.33. The lowest BCUT2D eigenvalue weighted by Crippen LogP contribution is -2.56. The standard InChI is InChI=1S/C13H25N3O2/c1-10-8-16(9-12(7-14)18-10)11(2)13(17)15-5-3-4-6-15/h10-12H,3-9,14H2,1-2H3. The number of hydrogen-bond donors (Lipinski definition) is 1. The Morgan fingerprint density at radius 1 is 1.39 bits per heavy atom. The van der Waals surface area contributed by atoms with E-state index in [0.717, 1.165) is 39.0 Å². The SMILES string of the molecule is CC1CN(C(C)C(=O)N2CCCC2)CC(CN)O1. The molecular weight excluding hydrogens is 230 g/mol. The molecule has 2 aliphatic rings. The van der Waals surface area contributed by atoms with Gasteiger partial charge in [-0.1, -0.05) is 0 Å². The molecule has 0 aromatic rings. The van der Waals surface area contributed by atoms with Crippen LogP contribution in [0, 0.1) is 0 Å². The predicted molar refractivity (Wildman–Crippen MR) is 70.2 cm³/mol. The van der Waals surface area contributed by atoms with Crippen molar-refractivity contribution in [3.63, 3.8) is 0 Å². The van der Waals surface area contributed by atoms with E-state index in [1.165, 1.54) is 0 Å². The Bertz CT molecular complexity index is 292. The second-order valence-electron chi connectivity index (χ2n) is 5.47. The first kappa shape index (κ1) is 13.8. The zero-order chi connectivity index (χ0) is 13.1. The molecule has 0 bridgehead atoms. The Labute approximate surface area is 109 Å². The summed E-state index contributed by atoms with van der Waals surface area (Å²) in [5, 5.41) is 0. The van der Waals surface area contributed by atoms with Gasteiger partial charge in [-0.3, -0.25) is 9.69 Å². The van der Waals surface area contributed by atoms with Gasteiger partial charge in [0, 0.05) is 32.7 Å². The number of morpholine rings is 1. The van der Waals surface area contributed by atoms with Crippen LogP contribution in [-0.2, 0) is 9.53 Å². The Morgan fingerprint density at radius 2 is 2.06 bits per heavy atom. The summed E-state index contributed by atoms with van der Waals surface area (Å²) in [5.74, 6) is 0.261. The summed E-state index contributed by atoms with van der Waals surface area (Å²) in [6.45, 7) is 7.99. The van der Waals surface area contributed by atoms with Gasteiger partial charge in [0.2, 0.25) is 5.91 Å². The summed E-state index contributed by atoms with van der Waals surface area (Å²) in [5.41, 5.74) is 5.68. The summed E-state index contributed by atoms with van der Waals surface area (Å²) in [6.07, 6.45) is 2.50. The van der Waals surface area contributed by atoms with Gasteiger partial charge in [-0.2, -0.15) is 0 Å². The van der Waals surface area contributed by atoms with Crippen molar-refractivity contribution in [1.82, 2.24) is 9.80 Å². The maximum Gasteiger partial charge on any atom is 0.239 e. The Balaban J connectivity index is 1.94. The van der Waals surface area contributed by atoms with Crippen molar-refractivity contribution >= 4 is 5.91 Å². The van der Waals surface area contributed by atoms with Gasteiger partial charge in [0.05, 0.1) is 18.2 Å². The Hall–Kier alpha value is -0.650. The van der Waals surface area contributed by atoms with Crippen LogP contribution in [0.1, 0.15) is 26.7 Å². The highest BCUT2D eigenvalue weighted by atomic mass is 16.5. The molecule has 0 aromatic carbocycles. The summed E-state index contributed by atoms with van der Waals surface area (Å²) in [6, 6.07) is -0.0523. The van der Waals surface area contributed by atoms with E-state index in [4.69, 9.17) is 10.5 Å². The molecule has 5 heteroatoms. The lowest BCUT2D eigenvalue weighted by molar-refractivity contribution is -0.141. The lowest BCUT2D eigenvalue weighted by atomic mass is 10.1. The summed E-state index contributed by atoms with van der Waals surface area (Å²) < 4.78 is 5.73. The minimum atomic E-state index is -0.0523. The minimum absolute atomic E-state index is 0.0523. The van der Waals surface area contributed by atoms with Crippen LogP contribution in [0.25, 0.3) is 0 Å². The molecule has 0 aromatic heterocycles. The first-order valence-electron chi connectivity index (χ1n) is 7.00. The van der Waals surface area contributed by atoms with Crippen LogP contribution in [0.3, 0.4) is 0 Å². The van der Waals surface area contributed by atoms with Gasteiger partial charge in [-0.05, 0) is 26.7 Å². The van der Waals surface area contributed by atoms with E-state index in [2.05, 4.69) is 4.90 Å². The smallest absolute Gasteiger partial charge is 0.239 e. The van der Waals surface area contributed by atoms with E-state index in [0.29, 0.717) is 6.54 Å². The number of nitrogens with two attached hydrogens (primary N) is 1. The van der Waals surface area contributed by atoms with Gasteiger partial charge in [0.1, 0.15) is 0 Å². The predicted octanol–water partition coefficient (Wildman–Crippen LogP) is 0.0453.